The van der Waals surface area contributed by atoms with Crippen molar-refractivity contribution < 1.29 is 4.79 Å². The summed E-state index contributed by atoms with van der Waals surface area (Å²) in [6.45, 7) is 5.29. The van der Waals surface area contributed by atoms with E-state index in [-0.39, 0.29) is 18.0 Å². The first-order valence-electron chi connectivity index (χ1n) is 11.5. The Balaban J connectivity index is 1.23. The van der Waals surface area contributed by atoms with E-state index < -0.39 is 0 Å². The topological polar surface area (TPSA) is 56.4 Å². The lowest BCUT2D eigenvalue weighted by atomic mass is 9.97. The zero-order valence-electron chi connectivity index (χ0n) is 18.2. The van der Waals surface area contributed by atoms with E-state index in [1.807, 2.05) is 36.4 Å². The van der Waals surface area contributed by atoms with Gasteiger partial charge in [0.15, 0.2) is 0 Å². The maximum atomic E-state index is 12.5. The number of carbonyl (C=O) groups excluding carboxylic acids is 1. The molecule has 0 radical (unpaired) electrons. The Bertz CT molecular complexity index is 855. The molecule has 31 heavy (non-hydrogen) atoms. The van der Waals surface area contributed by atoms with Crippen LogP contribution in [0.4, 0.5) is 0 Å². The molecule has 2 aromatic rings. The van der Waals surface area contributed by atoms with Gasteiger partial charge in [-0.2, -0.15) is 0 Å². The summed E-state index contributed by atoms with van der Waals surface area (Å²) in [7, 11) is 0. The Kier molecular flexibility index (Phi) is 7.62. The summed E-state index contributed by atoms with van der Waals surface area (Å²) in [6, 6.07) is 17.0. The van der Waals surface area contributed by atoms with Gasteiger partial charge in [0.1, 0.15) is 0 Å². The van der Waals surface area contributed by atoms with Crippen LogP contribution < -0.4 is 16.2 Å². The van der Waals surface area contributed by atoms with Crippen LogP contribution in [0.2, 0.25) is 5.02 Å². The van der Waals surface area contributed by atoms with Crippen molar-refractivity contribution in [1.82, 2.24) is 21.1 Å². The normalized spacial score (nSPS) is 24.3. The summed E-state index contributed by atoms with van der Waals surface area (Å²) in [5, 5.41) is 3.82. The number of benzene rings is 2. The van der Waals surface area contributed by atoms with E-state index in [1.54, 1.807) is 0 Å². The molecule has 4 rings (SSSR count). The molecule has 5 nitrogen and oxygen atoms in total. The fourth-order valence-corrected chi connectivity index (χ4v) is 4.76. The number of likely N-dealkylation sites (tertiary alicyclic amines) is 1. The number of amides is 1. The smallest absolute Gasteiger partial charge is 0.251 e. The maximum Gasteiger partial charge on any atom is 0.251 e. The number of halogens is 1. The van der Waals surface area contributed by atoms with Crippen molar-refractivity contribution in [3.63, 3.8) is 0 Å². The van der Waals surface area contributed by atoms with Crippen LogP contribution >= 0.6 is 11.6 Å². The molecule has 2 heterocycles. The largest absolute Gasteiger partial charge is 0.352 e. The summed E-state index contributed by atoms with van der Waals surface area (Å²) in [5.41, 5.74) is 9.85. The molecule has 0 spiro atoms. The van der Waals surface area contributed by atoms with Crippen molar-refractivity contribution >= 4 is 17.5 Å². The predicted molar refractivity (Wildman–Crippen MR) is 126 cm³/mol. The van der Waals surface area contributed by atoms with Crippen LogP contribution in [0.3, 0.4) is 0 Å². The minimum Gasteiger partial charge on any atom is -0.352 e. The van der Waals surface area contributed by atoms with E-state index in [4.69, 9.17) is 11.6 Å². The van der Waals surface area contributed by atoms with E-state index in [1.165, 1.54) is 36.9 Å². The molecule has 3 atom stereocenters. The van der Waals surface area contributed by atoms with Crippen molar-refractivity contribution in [2.45, 2.75) is 57.2 Å². The number of nitrogens with zero attached hydrogens (tertiary/aromatic N) is 1. The summed E-state index contributed by atoms with van der Waals surface area (Å²) >= 11 is 5.99. The number of rotatable bonds is 7. The van der Waals surface area contributed by atoms with Gasteiger partial charge in [-0.3, -0.25) is 4.79 Å². The van der Waals surface area contributed by atoms with Gasteiger partial charge in [0.2, 0.25) is 0 Å². The summed E-state index contributed by atoms with van der Waals surface area (Å²) in [5.74, 6) is 0.00906. The van der Waals surface area contributed by atoms with Crippen LogP contribution in [0.5, 0.6) is 0 Å². The Morgan fingerprint density at radius 2 is 1.68 bits per heavy atom. The molecule has 0 aromatic heterocycles. The highest BCUT2D eigenvalue weighted by Crippen LogP contribution is 2.31. The van der Waals surface area contributed by atoms with Crippen LogP contribution in [-0.4, -0.2) is 36.5 Å². The second-order valence-corrected chi connectivity index (χ2v) is 9.23. The lowest BCUT2D eigenvalue weighted by molar-refractivity contribution is 0.0949. The average molecular weight is 441 g/mol. The van der Waals surface area contributed by atoms with Gasteiger partial charge in [-0.25, -0.2) is 10.9 Å². The standard InChI is InChI=1S/C25H33ClN4O/c1-18-5-2-3-15-30(18)16-4-14-27-25(31)21-8-6-19(7-9-21)23-17-24(29-28-23)20-10-12-22(26)13-11-20/h6-13,18,23-24,28-29H,2-5,14-17H2,1H3,(H,27,31). The first-order valence-corrected chi connectivity index (χ1v) is 11.9. The number of hydrogen-bond donors (Lipinski definition) is 3. The highest BCUT2D eigenvalue weighted by molar-refractivity contribution is 6.30. The first kappa shape index (κ1) is 22.3. The number of nitrogens with one attached hydrogen (secondary N) is 3. The monoisotopic (exact) mass is 440 g/mol. The van der Waals surface area contributed by atoms with Gasteiger partial charge >= 0.3 is 0 Å². The molecule has 166 valence electrons. The second-order valence-electron chi connectivity index (χ2n) is 8.79. The summed E-state index contributed by atoms with van der Waals surface area (Å²) in [6.07, 6.45) is 5.89. The molecule has 0 bridgehead atoms. The molecule has 1 amide bonds. The van der Waals surface area contributed by atoms with Crippen LogP contribution in [0.15, 0.2) is 48.5 Å². The molecule has 2 saturated heterocycles. The Morgan fingerprint density at radius 1 is 1.03 bits per heavy atom. The molecule has 0 aliphatic carbocycles. The number of piperidine rings is 1. The van der Waals surface area contributed by atoms with Crippen molar-refractivity contribution in [3.05, 3.63) is 70.2 Å². The van der Waals surface area contributed by atoms with Gasteiger partial charge < -0.3 is 10.2 Å². The fraction of sp³-hybridized carbons (Fsp3) is 0.480. The summed E-state index contributed by atoms with van der Waals surface area (Å²) < 4.78 is 0. The molecule has 0 saturated carbocycles. The minimum atomic E-state index is 0.00906. The van der Waals surface area contributed by atoms with Crippen molar-refractivity contribution in [1.29, 1.82) is 0 Å². The molecule has 2 fully saturated rings. The van der Waals surface area contributed by atoms with Gasteiger partial charge in [0.25, 0.3) is 5.91 Å². The van der Waals surface area contributed by atoms with E-state index in [0.717, 1.165) is 36.5 Å². The van der Waals surface area contributed by atoms with Gasteiger partial charge in [0, 0.05) is 41.8 Å². The average Bonchev–Trinajstić information content (AvgIpc) is 3.28. The van der Waals surface area contributed by atoms with Gasteiger partial charge in [-0.1, -0.05) is 42.3 Å². The van der Waals surface area contributed by atoms with Crippen molar-refractivity contribution in [3.8, 4) is 0 Å². The third-order valence-electron chi connectivity index (χ3n) is 6.60. The van der Waals surface area contributed by atoms with Crippen LogP contribution in [0, 0.1) is 0 Å². The van der Waals surface area contributed by atoms with Crippen molar-refractivity contribution in [2.24, 2.45) is 0 Å². The molecule has 3 unspecified atom stereocenters. The Hall–Kier alpha value is -1.92. The molecular weight excluding hydrogens is 408 g/mol. The highest BCUT2D eigenvalue weighted by atomic mass is 35.5. The van der Waals surface area contributed by atoms with Crippen molar-refractivity contribution in [2.75, 3.05) is 19.6 Å². The highest BCUT2D eigenvalue weighted by Gasteiger charge is 2.26. The van der Waals surface area contributed by atoms with E-state index in [0.29, 0.717) is 6.04 Å². The zero-order valence-corrected chi connectivity index (χ0v) is 19.0. The fourth-order valence-electron chi connectivity index (χ4n) is 4.63. The van der Waals surface area contributed by atoms with E-state index in [2.05, 4.69) is 40.1 Å². The van der Waals surface area contributed by atoms with Gasteiger partial charge in [-0.05, 0) is 74.5 Å². The third kappa shape index (κ3) is 5.86. The van der Waals surface area contributed by atoms with Crippen LogP contribution in [0.1, 0.15) is 72.6 Å². The van der Waals surface area contributed by atoms with E-state index in [9.17, 15) is 4.79 Å². The molecule has 2 aliphatic rings. The van der Waals surface area contributed by atoms with Crippen LogP contribution in [0.25, 0.3) is 0 Å². The molecule has 3 N–H and O–H groups in total. The first-order chi connectivity index (χ1) is 15.1. The number of carbonyl (C=O) groups is 1. The molecule has 6 heteroatoms. The second kappa shape index (κ2) is 10.6. The van der Waals surface area contributed by atoms with Gasteiger partial charge in [0.05, 0.1) is 0 Å². The molecular formula is C25H33ClN4O. The van der Waals surface area contributed by atoms with Gasteiger partial charge in [-0.15, -0.1) is 0 Å². The molecule has 2 aromatic carbocycles. The third-order valence-corrected chi connectivity index (χ3v) is 6.85. The van der Waals surface area contributed by atoms with E-state index >= 15 is 0 Å². The SMILES string of the molecule is CC1CCCCN1CCCNC(=O)c1ccc(C2CC(c3ccc(Cl)cc3)NN2)cc1. The Labute approximate surface area is 190 Å². The quantitative estimate of drug-likeness (QED) is 0.550. The van der Waals surface area contributed by atoms with Crippen LogP contribution in [-0.2, 0) is 0 Å². The zero-order chi connectivity index (χ0) is 21.6. The Morgan fingerprint density at radius 3 is 2.32 bits per heavy atom. The number of hydrazine groups is 1. The predicted octanol–water partition coefficient (Wildman–Crippen LogP) is 4.61. The lowest BCUT2D eigenvalue weighted by Crippen LogP contribution is -2.39. The minimum absolute atomic E-state index is 0.00906. The number of hydrogen-bond acceptors (Lipinski definition) is 4. The summed E-state index contributed by atoms with van der Waals surface area (Å²) in [4.78, 5) is 15.0. The molecule has 2 aliphatic heterocycles. The maximum absolute atomic E-state index is 12.5. The lowest BCUT2D eigenvalue weighted by Gasteiger charge is -2.33.